The average molecular weight is 306 g/mol. The first-order valence-electron chi connectivity index (χ1n) is 6.44. The van der Waals surface area contributed by atoms with Gasteiger partial charge in [-0.1, -0.05) is 25.1 Å². The Morgan fingerprint density at radius 3 is 3.20 bits per heavy atom. The molecule has 0 aliphatic heterocycles. The molecular weight excluding hydrogens is 292 g/mol. The molecule has 20 heavy (non-hydrogen) atoms. The van der Waals surface area contributed by atoms with E-state index < -0.39 is 0 Å². The van der Waals surface area contributed by atoms with Gasteiger partial charge in [-0.3, -0.25) is 0 Å². The van der Waals surface area contributed by atoms with Crippen molar-refractivity contribution in [2.45, 2.75) is 37.1 Å². The number of fused-ring (bicyclic) bond motifs is 1. The lowest BCUT2D eigenvalue weighted by Crippen LogP contribution is -2.05. The van der Waals surface area contributed by atoms with Crippen LogP contribution >= 0.6 is 23.1 Å². The Morgan fingerprint density at radius 2 is 2.30 bits per heavy atom. The third kappa shape index (κ3) is 2.80. The molecular formula is C12H14N6S2. The predicted molar refractivity (Wildman–Crippen MR) is 79.7 cm³/mol. The third-order valence-electron chi connectivity index (χ3n) is 2.89. The number of hydrogen-bond acceptors (Lipinski definition) is 7. The van der Waals surface area contributed by atoms with E-state index in [0.29, 0.717) is 0 Å². The first-order valence-corrected chi connectivity index (χ1v) is 8.31. The predicted octanol–water partition coefficient (Wildman–Crippen LogP) is 2.77. The fraction of sp³-hybridized carbons (Fsp3) is 0.417. The Kier molecular flexibility index (Phi) is 4.22. The molecule has 0 N–H and O–H groups in total. The van der Waals surface area contributed by atoms with E-state index in [1.165, 1.54) is 0 Å². The molecule has 8 heteroatoms. The van der Waals surface area contributed by atoms with Gasteiger partial charge in [-0.05, 0) is 28.3 Å². The van der Waals surface area contributed by atoms with Gasteiger partial charge in [0.25, 0.3) is 0 Å². The lowest BCUT2D eigenvalue weighted by Gasteiger charge is -2.03. The summed E-state index contributed by atoms with van der Waals surface area (Å²) in [5.74, 6) is 1.61. The lowest BCUT2D eigenvalue weighted by molar-refractivity contribution is 0.540. The molecule has 0 saturated carbocycles. The minimum absolute atomic E-state index is 0.721. The largest absolute Gasteiger partial charge is 0.229 e. The van der Waals surface area contributed by atoms with Crippen LogP contribution in [0.4, 0.5) is 0 Å². The van der Waals surface area contributed by atoms with E-state index in [2.05, 4.69) is 38.5 Å². The fourth-order valence-electron chi connectivity index (χ4n) is 1.82. The van der Waals surface area contributed by atoms with Gasteiger partial charge in [-0.15, -0.1) is 16.4 Å². The van der Waals surface area contributed by atoms with Gasteiger partial charge in [0.15, 0.2) is 5.82 Å². The van der Waals surface area contributed by atoms with Gasteiger partial charge in [-0.2, -0.15) is 0 Å². The molecule has 0 amide bonds. The summed E-state index contributed by atoms with van der Waals surface area (Å²) in [6.07, 6.45) is 3.83. The van der Waals surface area contributed by atoms with Crippen molar-refractivity contribution in [2.75, 3.05) is 0 Å². The van der Waals surface area contributed by atoms with Crippen LogP contribution in [0.5, 0.6) is 0 Å². The van der Waals surface area contributed by atoms with Crippen molar-refractivity contribution in [3.05, 3.63) is 23.6 Å². The molecule has 3 aromatic rings. The molecule has 0 fully saturated rings. The zero-order chi connectivity index (χ0) is 13.8. The molecule has 0 spiro atoms. The van der Waals surface area contributed by atoms with E-state index in [1.807, 2.05) is 10.1 Å². The molecule has 0 aliphatic rings. The maximum absolute atomic E-state index is 4.35. The summed E-state index contributed by atoms with van der Waals surface area (Å²) in [6.45, 7) is 3.03. The topological polar surface area (TPSA) is 69.4 Å². The summed E-state index contributed by atoms with van der Waals surface area (Å²) in [4.78, 5) is 9.63. The van der Waals surface area contributed by atoms with Crippen molar-refractivity contribution in [3.63, 3.8) is 0 Å². The van der Waals surface area contributed by atoms with Gasteiger partial charge in [0.05, 0.1) is 5.75 Å². The molecule has 0 radical (unpaired) electrons. The van der Waals surface area contributed by atoms with Crippen molar-refractivity contribution in [3.8, 4) is 0 Å². The number of thioether (sulfide) groups is 1. The monoisotopic (exact) mass is 306 g/mol. The number of nitrogens with zero attached hydrogens (tertiary/aromatic N) is 6. The number of hydrogen-bond donors (Lipinski definition) is 0. The van der Waals surface area contributed by atoms with Crippen LogP contribution in [0.25, 0.3) is 10.2 Å². The Morgan fingerprint density at radius 1 is 1.35 bits per heavy atom. The first kappa shape index (κ1) is 13.4. The zero-order valence-electron chi connectivity index (χ0n) is 11.1. The number of aryl methyl sites for hydroxylation is 1. The molecule has 6 nitrogen and oxygen atoms in total. The SMILES string of the molecule is CCCCn1nnnc1CSc1ncnc2sccc12. The van der Waals surface area contributed by atoms with Crippen molar-refractivity contribution in [1.82, 2.24) is 30.2 Å². The number of thiophene rings is 1. The highest BCUT2D eigenvalue weighted by molar-refractivity contribution is 7.98. The molecule has 3 heterocycles. The quantitative estimate of drug-likeness (QED) is 0.515. The molecule has 0 aliphatic carbocycles. The average Bonchev–Trinajstić information content (AvgIpc) is 3.11. The third-order valence-corrected chi connectivity index (χ3v) is 4.71. The van der Waals surface area contributed by atoms with E-state index in [1.54, 1.807) is 29.4 Å². The fourth-order valence-corrected chi connectivity index (χ4v) is 3.54. The molecule has 0 atom stereocenters. The number of rotatable bonds is 6. The first-order chi connectivity index (χ1) is 9.88. The molecule has 3 rings (SSSR count). The summed E-state index contributed by atoms with van der Waals surface area (Å²) >= 11 is 3.28. The van der Waals surface area contributed by atoms with Gasteiger partial charge in [0.2, 0.25) is 0 Å². The summed E-state index contributed by atoms with van der Waals surface area (Å²) in [6, 6.07) is 2.06. The summed E-state index contributed by atoms with van der Waals surface area (Å²) < 4.78 is 1.88. The van der Waals surface area contributed by atoms with Crippen LogP contribution in [0.1, 0.15) is 25.6 Å². The van der Waals surface area contributed by atoms with E-state index in [0.717, 1.165) is 46.2 Å². The highest BCUT2D eigenvalue weighted by atomic mass is 32.2. The molecule has 0 unspecified atom stereocenters. The lowest BCUT2D eigenvalue weighted by atomic mass is 10.3. The van der Waals surface area contributed by atoms with Crippen molar-refractivity contribution in [2.24, 2.45) is 0 Å². The van der Waals surface area contributed by atoms with E-state index in [-0.39, 0.29) is 0 Å². The summed E-state index contributed by atoms with van der Waals surface area (Å²) in [7, 11) is 0. The summed E-state index contributed by atoms with van der Waals surface area (Å²) in [5.41, 5.74) is 0. The van der Waals surface area contributed by atoms with Gasteiger partial charge in [-0.25, -0.2) is 14.6 Å². The molecule has 0 bridgehead atoms. The molecule has 104 valence electrons. The molecule has 0 aromatic carbocycles. The van der Waals surface area contributed by atoms with Gasteiger partial charge >= 0.3 is 0 Å². The van der Waals surface area contributed by atoms with Gasteiger partial charge in [0.1, 0.15) is 16.2 Å². The van der Waals surface area contributed by atoms with Crippen LogP contribution in [-0.4, -0.2) is 30.2 Å². The van der Waals surface area contributed by atoms with E-state index in [9.17, 15) is 0 Å². The number of tetrazole rings is 1. The number of unbranched alkanes of at least 4 members (excludes halogenated alkanes) is 1. The van der Waals surface area contributed by atoms with Crippen molar-refractivity contribution in [1.29, 1.82) is 0 Å². The Labute approximate surface area is 124 Å². The van der Waals surface area contributed by atoms with Gasteiger partial charge in [0, 0.05) is 11.9 Å². The van der Waals surface area contributed by atoms with Crippen molar-refractivity contribution < 1.29 is 0 Å². The minimum Gasteiger partial charge on any atom is -0.229 e. The highest BCUT2D eigenvalue weighted by Crippen LogP contribution is 2.29. The van der Waals surface area contributed by atoms with E-state index in [4.69, 9.17) is 0 Å². The number of aromatic nitrogens is 6. The van der Waals surface area contributed by atoms with Crippen LogP contribution in [0.2, 0.25) is 0 Å². The van der Waals surface area contributed by atoms with Crippen LogP contribution in [0.15, 0.2) is 22.8 Å². The van der Waals surface area contributed by atoms with Crippen LogP contribution in [-0.2, 0) is 12.3 Å². The Balaban J connectivity index is 1.73. The normalized spacial score (nSPS) is 11.2. The second kappa shape index (κ2) is 6.27. The Hall–Kier alpha value is -1.54. The maximum atomic E-state index is 4.35. The van der Waals surface area contributed by atoms with Gasteiger partial charge < -0.3 is 0 Å². The standard InChI is InChI=1S/C12H14N6S2/c1-2-3-5-18-10(15-16-17-18)7-20-12-9-4-6-19-11(9)13-8-14-12/h4,6,8H,2-3,5,7H2,1H3. The second-order valence-corrected chi connectivity index (χ2v) is 6.14. The zero-order valence-corrected chi connectivity index (χ0v) is 12.7. The maximum Gasteiger partial charge on any atom is 0.161 e. The van der Waals surface area contributed by atoms with E-state index >= 15 is 0 Å². The summed E-state index contributed by atoms with van der Waals surface area (Å²) in [5, 5.41) is 16.0. The van der Waals surface area contributed by atoms with Crippen LogP contribution in [0.3, 0.4) is 0 Å². The highest BCUT2D eigenvalue weighted by Gasteiger charge is 2.10. The smallest absolute Gasteiger partial charge is 0.161 e. The van der Waals surface area contributed by atoms with Crippen LogP contribution < -0.4 is 0 Å². The molecule has 0 saturated heterocycles. The minimum atomic E-state index is 0.721. The second-order valence-electron chi connectivity index (χ2n) is 4.28. The molecule has 3 aromatic heterocycles. The Bertz CT molecular complexity index is 692. The van der Waals surface area contributed by atoms with Crippen molar-refractivity contribution >= 4 is 33.3 Å². The van der Waals surface area contributed by atoms with Crippen LogP contribution in [0, 0.1) is 0 Å².